The summed E-state index contributed by atoms with van der Waals surface area (Å²) in [5, 5.41) is 9.29. The first-order valence-corrected chi connectivity index (χ1v) is 5.63. The molecule has 0 aromatic heterocycles. The SMILES string of the molecule is O=C(O)CC(C=C(Cl)Cl)c1ccccc1Cl. The number of rotatable bonds is 4. The number of carboxylic acids is 1. The van der Waals surface area contributed by atoms with E-state index in [1.54, 1.807) is 24.3 Å². The third-order valence-electron chi connectivity index (χ3n) is 2.03. The minimum atomic E-state index is -0.934. The largest absolute Gasteiger partial charge is 0.481 e. The molecule has 5 heteroatoms. The molecule has 1 atom stereocenters. The Kier molecular flexibility index (Phi) is 5.13. The van der Waals surface area contributed by atoms with Gasteiger partial charge in [0.15, 0.2) is 0 Å². The number of aliphatic carboxylic acids is 1. The number of allylic oxidation sites excluding steroid dienone is 1. The maximum atomic E-state index is 10.7. The van der Waals surface area contributed by atoms with Gasteiger partial charge in [0.2, 0.25) is 0 Å². The van der Waals surface area contributed by atoms with Crippen LogP contribution in [0.25, 0.3) is 0 Å². The number of halogens is 3. The van der Waals surface area contributed by atoms with Gasteiger partial charge in [0.1, 0.15) is 4.49 Å². The molecule has 0 spiro atoms. The first-order chi connectivity index (χ1) is 7.50. The zero-order chi connectivity index (χ0) is 12.1. The predicted molar refractivity (Wildman–Crippen MR) is 66.2 cm³/mol. The van der Waals surface area contributed by atoms with E-state index in [-0.39, 0.29) is 10.9 Å². The van der Waals surface area contributed by atoms with Crippen LogP contribution in [0.2, 0.25) is 5.02 Å². The van der Waals surface area contributed by atoms with E-state index in [0.717, 1.165) is 0 Å². The summed E-state index contributed by atoms with van der Waals surface area (Å²) >= 11 is 17.1. The van der Waals surface area contributed by atoms with Crippen LogP contribution in [0.3, 0.4) is 0 Å². The van der Waals surface area contributed by atoms with Gasteiger partial charge in [-0.1, -0.05) is 53.0 Å². The Balaban J connectivity index is 3.06. The molecule has 0 bridgehead atoms. The van der Waals surface area contributed by atoms with Gasteiger partial charge in [-0.05, 0) is 17.7 Å². The maximum Gasteiger partial charge on any atom is 0.304 e. The second-order valence-electron chi connectivity index (χ2n) is 3.18. The van der Waals surface area contributed by atoms with Crippen LogP contribution < -0.4 is 0 Å². The smallest absolute Gasteiger partial charge is 0.304 e. The molecule has 16 heavy (non-hydrogen) atoms. The monoisotopic (exact) mass is 278 g/mol. The molecule has 1 rings (SSSR count). The second kappa shape index (κ2) is 6.14. The number of hydrogen-bond donors (Lipinski definition) is 1. The van der Waals surface area contributed by atoms with Crippen LogP contribution in [0.1, 0.15) is 17.9 Å². The second-order valence-corrected chi connectivity index (χ2v) is 4.60. The summed E-state index contributed by atoms with van der Waals surface area (Å²) in [5.41, 5.74) is 0.699. The highest BCUT2D eigenvalue weighted by atomic mass is 35.5. The van der Waals surface area contributed by atoms with Gasteiger partial charge in [0.05, 0.1) is 6.42 Å². The van der Waals surface area contributed by atoms with Crippen molar-refractivity contribution in [2.24, 2.45) is 0 Å². The van der Waals surface area contributed by atoms with Crippen molar-refractivity contribution >= 4 is 40.8 Å². The lowest BCUT2D eigenvalue weighted by Crippen LogP contribution is -2.04. The Hall–Kier alpha value is -0.700. The van der Waals surface area contributed by atoms with Crippen LogP contribution >= 0.6 is 34.8 Å². The van der Waals surface area contributed by atoms with Crippen molar-refractivity contribution < 1.29 is 9.90 Å². The average Bonchev–Trinajstić information content (AvgIpc) is 2.15. The quantitative estimate of drug-likeness (QED) is 0.896. The lowest BCUT2D eigenvalue weighted by atomic mass is 9.96. The van der Waals surface area contributed by atoms with Gasteiger partial charge in [-0.2, -0.15) is 0 Å². The maximum absolute atomic E-state index is 10.7. The van der Waals surface area contributed by atoms with Crippen LogP contribution in [0.4, 0.5) is 0 Å². The molecule has 1 N–H and O–H groups in total. The average molecular weight is 280 g/mol. The summed E-state index contributed by atoms with van der Waals surface area (Å²) in [7, 11) is 0. The van der Waals surface area contributed by atoms with Gasteiger partial charge in [-0.25, -0.2) is 0 Å². The van der Waals surface area contributed by atoms with Crippen molar-refractivity contribution in [2.75, 3.05) is 0 Å². The van der Waals surface area contributed by atoms with E-state index >= 15 is 0 Å². The van der Waals surface area contributed by atoms with Gasteiger partial charge in [-0.15, -0.1) is 0 Å². The van der Waals surface area contributed by atoms with E-state index in [4.69, 9.17) is 39.9 Å². The molecule has 0 saturated carbocycles. The number of carbonyl (C=O) groups is 1. The van der Waals surface area contributed by atoms with Crippen LogP contribution in [0.5, 0.6) is 0 Å². The molecule has 0 aliphatic rings. The molecule has 86 valence electrons. The molecule has 1 aromatic carbocycles. The topological polar surface area (TPSA) is 37.3 Å². The van der Waals surface area contributed by atoms with Crippen molar-refractivity contribution in [3.05, 3.63) is 45.4 Å². The zero-order valence-electron chi connectivity index (χ0n) is 8.16. The highest BCUT2D eigenvalue weighted by Gasteiger charge is 2.16. The molecule has 0 heterocycles. The minimum Gasteiger partial charge on any atom is -0.481 e. The van der Waals surface area contributed by atoms with E-state index in [9.17, 15) is 4.79 Å². The Morgan fingerprint density at radius 2 is 2.00 bits per heavy atom. The van der Waals surface area contributed by atoms with Crippen molar-refractivity contribution in [1.82, 2.24) is 0 Å². The highest BCUT2D eigenvalue weighted by Crippen LogP contribution is 2.30. The lowest BCUT2D eigenvalue weighted by Gasteiger charge is -2.12. The van der Waals surface area contributed by atoms with Crippen LogP contribution in [-0.4, -0.2) is 11.1 Å². The molecule has 0 amide bonds. The molecule has 0 radical (unpaired) electrons. The number of carboxylic acid groups (broad SMARTS) is 1. The zero-order valence-corrected chi connectivity index (χ0v) is 10.4. The summed E-state index contributed by atoms with van der Waals surface area (Å²) in [4.78, 5) is 10.7. The number of benzene rings is 1. The third-order valence-corrected chi connectivity index (χ3v) is 2.62. The summed E-state index contributed by atoms with van der Waals surface area (Å²) in [6.45, 7) is 0. The van der Waals surface area contributed by atoms with Gasteiger partial charge in [-0.3, -0.25) is 4.79 Å². The summed E-state index contributed by atoms with van der Waals surface area (Å²) in [5.74, 6) is -1.35. The van der Waals surface area contributed by atoms with Gasteiger partial charge in [0, 0.05) is 10.9 Å². The molecule has 1 unspecified atom stereocenters. The van der Waals surface area contributed by atoms with Gasteiger partial charge >= 0.3 is 5.97 Å². The first kappa shape index (κ1) is 13.4. The molecule has 0 saturated heterocycles. The Labute approximate surface area is 108 Å². The van der Waals surface area contributed by atoms with E-state index in [0.29, 0.717) is 10.6 Å². The van der Waals surface area contributed by atoms with Crippen molar-refractivity contribution in [1.29, 1.82) is 0 Å². The highest BCUT2D eigenvalue weighted by molar-refractivity contribution is 6.55. The van der Waals surface area contributed by atoms with Crippen LogP contribution in [0.15, 0.2) is 34.8 Å². The normalized spacial score (nSPS) is 11.9. The predicted octanol–water partition coefficient (Wildman–Crippen LogP) is 4.22. The van der Waals surface area contributed by atoms with Crippen molar-refractivity contribution in [3.8, 4) is 0 Å². The fourth-order valence-corrected chi connectivity index (χ4v) is 1.95. The molecule has 0 aliphatic carbocycles. The summed E-state index contributed by atoms with van der Waals surface area (Å²) < 4.78 is 0.0335. The Morgan fingerprint density at radius 1 is 1.38 bits per heavy atom. The fourth-order valence-electron chi connectivity index (χ4n) is 1.37. The molecule has 0 fully saturated rings. The first-order valence-electron chi connectivity index (χ1n) is 4.49. The molecule has 0 aliphatic heterocycles. The molecular formula is C11H9Cl3O2. The van der Waals surface area contributed by atoms with Crippen molar-refractivity contribution in [3.63, 3.8) is 0 Å². The van der Waals surface area contributed by atoms with E-state index in [1.807, 2.05) is 0 Å². The van der Waals surface area contributed by atoms with Gasteiger partial charge in [0.25, 0.3) is 0 Å². The van der Waals surface area contributed by atoms with Gasteiger partial charge < -0.3 is 5.11 Å². The van der Waals surface area contributed by atoms with E-state index in [2.05, 4.69) is 0 Å². The van der Waals surface area contributed by atoms with E-state index in [1.165, 1.54) is 6.08 Å². The Bertz CT molecular complexity index is 411. The molecule has 2 nitrogen and oxygen atoms in total. The Morgan fingerprint density at radius 3 is 2.50 bits per heavy atom. The summed E-state index contributed by atoms with van der Waals surface area (Å²) in [6.07, 6.45) is 1.37. The standard InChI is InChI=1S/C11H9Cl3O2/c12-9-4-2-1-3-8(9)7(5-10(13)14)6-11(15)16/h1-5,7H,6H2,(H,15,16). The van der Waals surface area contributed by atoms with Crippen molar-refractivity contribution in [2.45, 2.75) is 12.3 Å². The number of hydrogen-bond acceptors (Lipinski definition) is 1. The minimum absolute atomic E-state index is 0.0335. The van der Waals surface area contributed by atoms with Crippen LogP contribution in [-0.2, 0) is 4.79 Å². The van der Waals surface area contributed by atoms with E-state index < -0.39 is 11.9 Å². The lowest BCUT2D eigenvalue weighted by molar-refractivity contribution is -0.137. The third kappa shape index (κ3) is 4.05. The summed E-state index contributed by atoms with van der Waals surface area (Å²) in [6, 6.07) is 7.01. The fraction of sp³-hybridized carbons (Fsp3) is 0.182. The van der Waals surface area contributed by atoms with Crippen LogP contribution in [0, 0.1) is 0 Å². The molecular weight excluding hydrogens is 270 g/mol. The molecule has 1 aromatic rings.